The number of azide groups is 1. The molecule has 1 aliphatic rings. The van der Waals surface area contributed by atoms with Crippen LogP contribution in [0.15, 0.2) is 5.11 Å². The van der Waals surface area contributed by atoms with Gasteiger partial charge in [0.05, 0.1) is 12.6 Å². The minimum absolute atomic E-state index is 0.0271. The molecule has 5 heteroatoms. The number of ether oxygens (including phenoxy) is 1. The van der Waals surface area contributed by atoms with Gasteiger partial charge in [0.1, 0.15) is 0 Å². The Labute approximate surface area is 64.6 Å². The zero-order valence-corrected chi connectivity index (χ0v) is 6.37. The maximum atomic E-state index is 7.99. The number of hydrogen-bond donors (Lipinski definition) is 1. The van der Waals surface area contributed by atoms with Crippen molar-refractivity contribution in [3.8, 4) is 0 Å². The van der Waals surface area contributed by atoms with Crippen LogP contribution < -0.4 is 0 Å². The second-order valence-corrected chi connectivity index (χ2v) is 2.84. The molecule has 10 heavy (non-hydrogen) atoms. The summed E-state index contributed by atoms with van der Waals surface area (Å²) in [4.78, 5) is 2.64. The van der Waals surface area contributed by atoms with Crippen LogP contribution in [0.3, 0.4) is 0 Å². The minimum Gasteiger partial charge on any atom is -0.377 e. The van der Waals surface area contributed by atoms with Gasteiger partial charge >= 0.3 is 0 Å². The van der Waals surface area contributed by atoms with Gasteiger partial charge in [0, 0.05) is 16.8 Å². The lowest BCUT2D eigenvalue weighted by molar-refractivity contribution is 0.119. The van der Waals surface area contributed by atoms with E-state index in [9.17, 15) is 0 Å². The van der Waals surface area contributed by atoms with E-state index in [0.29, 0.717) is 6.54 Å². The van der Waals surface area contributed by atoms with Crippen LogP contribution in [-0.2, 0) is 4.74 Å². The summed E-state index contributed by atoms with van der Waals surface area (Å²) in [5.41, 5.74) is 7.99. The van der Waals surface area contributed by atoms with Crippen molar-refractivity contribution in [3.63, 3.8) is 0 Å². The topological polar surface area (TPSA) is 58.0 Å². The van der Waals surface area contributed by atoms with Crippen molar-refractivity contribution in [2.75, 3.05) is 13.2 Å². The van der Waals surface area contributed by atoms with Crippen LogP contribution in [0.4, 0.5) is 0 Å². The van der Waals surface area contributed by atoms with E-state index < -0.39 is 0 Å². The Hall–Kier alpha value is -0.380. The van der Waals surface area contributed by atoms with E-state index in [0.717, 1.165) is 13.0 Å². The second kappa shape index (κ2) is 3.71. The minimum atomic E-state index is 0.0271. The maximum absolute atomic E-state index is 7.99. The molecule has 0 aromatic carbocycles. The fraction of sp³-hybridized carbons (Fsp3) is 1.00. The molecule has 0 aromatic heterocycles. The Morgan fingerprint density at radius 1 is 1.80 bits per heavy atom. The molecule has 1 heterocycles. The van der Waals surface area contributed by atoms with Crippen molar-refractivity contribution in [2.24, 2.45) is 5.11 Å². The van der Waals surface area contributed by atoms with Gasteiger partial charge in [-0.15, -0.1) is 0 Å². The number of rotatable bonds is 2. The van der Waals surface area contributed by atoms with Crippen LogP contribution >= 0.6 is 12.6 Å². The third-order valence-corrected chi connectivity index (χ3v) is 2.09. The first-order chi connectivity index (χ1) is 4.84. The summed E-state index contributed by atoms with van der Waals surface area (Å²) >= 11 is 4.25. The molecule has 1 aliphatic heterocycles. The van der Waals surface area contributed by atoms with Gasteiger partial charge in [0.25, 0.3) is 0 Å². The molecule has 1 fully saturated rings. The van der Waals surface area contributed by atoms with Gasteiger partial charge in [-0.1, -0.05) is 5.11 Å². The number of thiol groups is 1. The molecule has 0 aromatic rings. The molecule has 0 saturated carbocycles. The van der Waals surface area contributed by atoms with E-state index in [1.807, 2.05) is 0 Å². The molecule has 0 amide bonds. The summed E-state index contributed by atoms with van der Waals surface area (Å²) < 4.78 is 5.23. The highest BCUT2D eigenvalue weighted by Gasteiger charge is 2.23. The lowest BCUT2D eigenvalue weighted by Gasteiger charge is -2.08. The van der Waals surface area contributed by atoms with Crippen LogP contribution in [0.25, 0.3) is 10.4 Å². The predicted octanol–water partition coefficient (Wildman–Crippen LogP) is 1.38. The van der Waals surface area contributed by atoms with Gasteiger partial charge in [-0.05, 0) is 12.0 Å². The molecule has 0 radical (unpaired) electrons. The highest BCUT2D eigenvalue weighted by Crippen LogP contribution is 2.18. The van der Waals surface area contributed by atoms with Gasteiger partial charge in [-0.2, -0.15) is 12.6 Å². The highest BCUT2D eigenvalue weighted by molar-refractivity contribution is 7.81. The van der Waals surface area contributed by atoms with E-state index in [1.165, 1.54) is 0 Å². The summed E-state index contributed by atoms with van der Waals surface area (Å²) in [5, 5.41) is 3.65. The Bertz CT molecular complexity index is 157. The van der Waals surface area contributed by atoms with Gasteiger partial charge in [0.15, 0.2) is 0 Å². The lowest BCUT2D eigenvalue weighted by Crippen LogP contribution is -2.18. The summed E-state index contributed by atoms with van der Waals surface area (Å²) in [6.07, 6.45) is 0.980. The summed E-state index contributed by atoms with van der Waals surface area (Å²) in [7, 11) is 0. The molecule has 0 aliphatic carbocycles. The quantitative estimate of drug-likeness (QED) is 0.281. The second-order valence-electron chi connectivity index (χ2n) is 2.18. The Morgan fingerprint density at radius 2 is 2.60 bits per heavy atom. The van der Waals surface area contributed by atoms with E-state index >= 15 is 0 Å². The Balaban J connectivity index is 2.32. The SMILES string of the molecule is [N-]=[N+]=NCC1OCCC1S. The van der Waals surface area contributed by atoms with Crippen molar-refractivity contribution >= 4 is 12.6 Å². The molecular weight excluding hydrogens is 150 g/mol. The molecule has 0 bridgehead atoms. The average Bonchev–Trinajstić information content (AvgIpc) is 2.31. The van der Waals surface area contributed by atoms with Gasteiger partial charge in [-0.3, -0.25) is 0 Å². The zero-order valence-electron chi connectivity index (χ0n) is 5.47. The van der Waals surface area contributed by atoms with Crippen molar-refractivity contribution in [2.45, 2.75) is 17.8 Å². The molecule has 1 rings (SSSR count). The Kier molecular flexibility index (Phi) is 2.86. The predicted molar refractivity (Wildman–Crippen MR) is 41.1 cm³/mol. The van der Waals surface area contributed by atoms with Crippen LogP contribution in [0, 0.1) is 0 Å². The maximum Gasteiger partial charge on any atom is 0.0748 e. The summed E-state index contributed by atoms with van der Waals surface area (Å²) in [5.74, 6) is 0. The highest BCUT2D eigenvalue weighted by atomic mass is 32.1. The van der Waals surface area contributed by atoms with Crippen LogP contribution in [-0.4, -0.2) is 24.5 Å². The van der Waals surface area contributed by atoms with E-state index in [2.05, 4.69) is 22.7 Å². The smallest absolute Gasteiger partial charge is 0.0748 e. The number of hydrogen-bond acceptors (Lipinski definition) is 3. The van der Waals surface area contributed by atoms with Gasteiger partial charge in [0.2, 0.25) is 0 Å². The Morgan fingerprint density at radius 3 is 3.10 bits per heavy atom. The third-order valence-electron chi connectivity index (χ3n) is 1.50. The normalized spacial score (nSPS) is 31.7. The van der Waals surface area contributed by atoms with Gasteiger partial charge < -0.3 is 4.74 Å². The van der Waals surface area contributed by atoms with E-state index in [1.54, 1.807) is 0 Å². The molecule has 0 spiro atoms. The summed E-state index contributed by atoms with van der Waals surface area (Å²) in [6.45, 7) is 1.14. The fourth-order valence-corrected chi connectivity index (χ4v) is 1.21. The summed E-state index contributed by atoms with van der Waals surface area (Å²) in [6, 6.07) is 0. The van der Waals surface area contributed by atoms with Crippen LogP contribution in [0.5, 0.6) is 0 Å². The molecule has 56 valence electrons. The van der Waals surface area contributed by atoms with Crippen molar-refractivity contribution in [1.29, 1.82) is 0 Å². The largest absolute Gasteiger partial charge is 0.377 e. The van der Waals surface area contributed by atoms with E-state index in [-0.39, 0.29) is 11.4 Å². The fourth-order valence-electron chi connectivity index (χ4n) is 0.928. The van der Waals surface area contributed by atoms with Crippen LogP contribution in [0.1, 0.15) is 6.42 Å². The first-order valence-corrected chi connectivity index (χ1v) is 3.67. The zero-order chi connectivity index (χ0) is 7.40. The molecular formula is C5H9N3OS. The standard InChI is InChI=1S/C5H9N3OS/c6-8-7-3-4-5(10)1-2-9-4/h4-5,10H,1-3H2. The van der Waals surface area contributed by atoms with Crippen molar-refractivity contribution in [1.82, 2.24) is 0 Å². The molecule has 4 nitrogen and oxygen atoms in total. The third kappa shape index (κ3) is 1.80. The lowest BCUT2D eigenvalue weighted by atomic mass is 10.2. The monoisotopic (exact) mass is 159 g/mol. The first-order valence-electron chi connectivity index (χ1n) is 3.15. The first kappa shape index (κ1) is 7.72. The molecule has 0 N–H and O–H groups in total. The molecule has 1 saturated heterocycles. The average molecular weight is 159 g/mol. The van der Waals surface area contributed by atoms with Crippen molar-refractivity contribution in [3.05, 3.63) is 10.4 Å². The number of nitrogens with zero attached hydrogens (tertiary/aromatic N) is 3. The van der Waals surface area contributed by atoms with Crippen molar-refractivity contribution < 1.29 is 4.74 Å². The van der Waals surface area contributed by atoms with Gasteiger partial charge in [-0.25, -0.2) is 0 Å². The molecule has 2 atom stereocenters. The molecule has 2 unspecified atom stereocenters. The van der Waals surface area contributed by atoms with E-state index in [4.69, 9.17) is 10.3 Å². The van der Waals surface area contributed by atoms with Crippen LogP contribution in [0.2, 0.25) is 0 Å².